The standard InChI is InChI=1S/C17H21BrN4O2/c1-11-12(18)4-2-5-13(11)20-17(24)15-10-16-14(19-7-9-23)6-3-8-22(16)21-15/h2,4-5,10,14,19,23H,3,6-9H2,1H3,(H,20,24)/t14-/m1/s1. The van der Waals surface area contributed by atoms with Crippen molar-refractivity contribution in [2.75, 3.05) is 18.5 Å². The Morgan fingerprint density at radius 3 is 3.12 bits per heavy atom. The number of nitrogens with one attached hydrogen (secondary N) is 2. The Morgan fingerprint density at radius 1 is 1.50 bits per heavy atom. The number of aliphatic hydroxyl groups excluding tert-OH is 1. The zero-order valence-corrected chi connectivity index (χ0v) is 15.1. The summed E-state index contributed by atoms with van der Waals surface area (Å²) >= 11 is 3.47. The Morgan fingerprint density at radius 2 is 2.33 bits per heavy atom. The maximum atomic E-state index is 12.6. The minimum absolute atomic E-state index is 0.0974. The summed E-state index contributed by atoms with van der Waals surface area (Å²) in [6, 6.07) is 7.68. The van der Waals surface area contributed by atoms with Crippen LogP contribution < -0.4 is 10.6 Å². The van der Waals surface area contributed by atoms with E-state index in [9.17, 15) is 4.79 Å². The van der Waals surface area contributed by atoms with Crippen LogP contribution in [0, 0.1) is 6.92 Å². The molecule has 2 aromatic rings. The van der Waals surface area contributed by atoms with Crippen molar-refractivity contribution in [1.82, 2.24) is 15.1 Å². The summed E-state index contributed by atoms with van der Waals surface area (Å²) in [5.74, 6) is -0.209. The molecule has 3 rings (SSSR count). The predicted molar refractivity (Wildman–Crippen MR) is 96.1 cm³/mol. The van der Waals surface area contributed by atoms with Crippen molar-refractivity contribution in [2.45, 2.75) is 32.4 Å². The average molecular weight is 393 g/mol. The lowest BCUT2D eigenvalue weighted by Crippen LogP contribution is -2.29. The van der Waals surface area contributed by atoms with Crippen LogP contribution in [0.1, 0.15) is 40.6 Å². The quantitative estimate of drug-likeness (QED) is 0.730. The lowest BCUT2D eigenvalue weighted by Gasteiger charge is -2.24. The van der Waals surface area contributed by atoms with Crippen LogP contribution in [0.2, 0.25) is 0 Å². The number of hydrogen-bond donors (Lipinski definition) is 3. The zero-order chi connectivity index (χ0) is 17.1. The maximum Gasteiger partial charge on any atom is 0.276 e. The molecule has 6 nitrogen and oxygen atoms in total. The van der Waals surface area contributed by atoms with Crippen molar-refractivity contribution >= 4 is 27.5 Å². The van der Waals surface area contributed by atoms with Crippen LogP contribution in [0.4, 0.5) is 5.69 Å². The monoisotopic (exact) mass is 392 g/mol. The highest BCUT2D eigenvalue weighted by Crippen LogP contribution is 2.27. The van der Waals surface area contributed by atoms with E-state index in [4.69, 9.17) is 5.11 Å². The number of anilines is 1. The third-order valence-corrected chi connectivity index (χ3v) is 5.14. The molecule has 1 amide bonds. The molecule has 0 unspecified atom stereocenters. The Hall–Kier alpha value is -1.70. The van der Waals surface area contributed by atoms with Gasteiger partial charge >= 0.3 is 0 Å². The molecule has 0 bridgehead atoms. The van der Waals surface area contributed by atoms with Gasteiger partial charge in [0.15, 0.2) is 5.69 Å². The molecule has 0 radical (unpaired) electrons. The van der Waals surface area contributed by atoms with Gasteiger partial charge in [-0.2, -0.15) is 5.10 Å². The van der Waals surface area contributed by atoms with E-state index in [-0.39, 0.29) is 18.6 Å². The largest absolute Gasteiger partial charge is 0.395 e. The molecule has 1 atom stereocenters. The van der Waals surface area contributed by atoms with Crippen LogP contribution in [0.25, 0.3) is 0 Å². The first-order chi connectivity index (χ1) is 11.6. The molecule has 7 heteroatoms. The lowest BCUT2D eigenvalue weighted by molar-refractivity contribution is 0.102. The van der Waals surface area contributed by atoms with Crippen molar-refractivity contribution < 1.29 is 9.90 Å². The second kappa shape index (κ2) is 7.46. The van der Waals surface area contributed by atoms with Gasteiger partial charge in [0.1, 0.15) is 0 Å². The van der Waals surface area contributed by atoms with Gasteiger partial charge in [0, 0.05) is 29.3 Å². The number of hydrogen-bond acceptors (Lipinski definition) is 4. The summed E-state index contributed by atoms with van der Waals surface area (Å²) < 4.78 is 2.85. The smallest absolute Gasteiger partial charge is 0.276 e. The highest BCUT2D eigenvalue weighted by atomic mass is 79.9. The normalized spacial score (nSPS) is 16.7. The fraction of sp³-hybridized carbons (Fsp3) is 0.412. The molecule has 1 aromatic carbocycles. The minimum atomic E-state index is -0.209. The Balaban J connectivity index is 1.79. The van der Waals surface area contributed by atoms with E-state index in [1.54, 1.807) is 0 Å². The second-order valence-electron chi connectivity index (χ2n) is 5.92. The summed E-state index contributed by atoms with van der Waals surface area (Å²) in [6.07, 6.45) is 1.99. The van der Waals surface area contributed by atoms with Crippen LogP contribution >= 0.6 is 15.9 Å². The molecule has 1 aliphatic rings. The molecular formula is C17H21BrN4O2. The van der Waals surface area contributed by atoms with E-state index < -0.39 is 0 Å². The van der Waals surface area contributed by atoms with Crippen LogP contribution in [0.15, 0.2) is 28.7 Å². The maximum absolute atomic E-state index is 12.6. The van der Waals surface area contributed by atoms with Gasteiger partial charge in [-0.1, -0.05) is 22.0 Å². The lowest BCUT2D eigenvalue weighted by atomic mass is 10.0. The van der Waals surface area contributed by atoms with Crippen molar-refractivity contribution in [3.8, 4) is 0 Å². The molecule has 1 aliphatic heterocycles. The van der Waals surface area contributed by atoms with Gasteiger partial charge in [0.2, 0.25) is 0 Å². The van der Waals surface area contributed by atoms with E-state index in [2.05, 4.69) is 31.7 Å². The second-order valence-corrected chi connectivity index (χ2v) is 6.77. The minimum Gasteiger partial charge on any atom is -0.395 e. The van der Waals surface area contributed by atoms with Gasteiger partial charge < -0.3 is 15.7 Å². The third kappa shape index (κ3) is 3.53. The number of carbonyl (C=O) groups excluding carboxylic acids is 1. The summed E-state index contributed by atoms with van der Waals surface area (Å²) in [7, 11) is 0. The molecule has 3 N–H and O–H groups in total. The number of fused-ring (bicyclic) bond motifs is 1. The number of amides is 1. The first-order valence-corrected chi connectivity index (χ1v) is 8.88. The number of carbonyl (C=O) groups is 1. The highest BCUT2D eigenvalue weighted by molar-refractivity contribution is 9.10. The number of nitrogens with zero attached hydrogens (tertiary/aromatic N) is 2. The van der Waals surface area contributed by atoms with Crippen LogP contribution in [0.3, 0.4) is 0 Å². The van der Waals surface area contributed by atoms with E-state index >= 15 is 0 Å². The van der Waals surface area contributed by atoms with Crippen molar-refractivity contribution in [1.29, 1.82) is 0 Å². The number of aliphatic hydroxyl groups is 1. The average Bonchev–Trinajstić information content (AvgIpc) is 3.02. The molecule has 1 aromatic heterocycles. The molecule has 128 valence electrons. The van der Waals surface area contributed by atoms with Gasteiger partial charge in [-0.05, 0) is 43.5 Å². The van der Waals surface area contributed by atoms with E-state index in [1.165, 1.54) is 0 Å². The molecule has 0 fully saturated rings. The third-order valence-electron chi connectivity index (χ3n) is 4.28. The first-order valence-electron chi connectivity index (χ1n) is 8.08. The summed E-state index contributed by atoms with van der Waals surface area (Å²) in [5, 5.41) is 19.7. The number of aryl methyl sites for hydroxylation is 1. The Kier molecular flexibility index (Phi) is 5.33. The number of benzene rings is 1. The van der Waals surface area contributed by atoms with Gasteiger partial charge in [-0.15, -0.1) is 0 Å². The van der Waals surface area contributed by atoms with Gasteiger partial charge in [-0.3, -0.25) is 9.48 Å². The van der Waals surface area contributed by atoms with E-state index in [0.717, 1.165) is 40.8 Å². The molecule has 0 saturated heterocycles. The first kappa shape index (κ1) is 17.1. The molecular weight excluding hydrogens is 372 g/mol. The summed E-state index contributed by atoms with van der Waals surface area (Å²) in [4.78, 5) is 12.6. The molecule has 0 spiro atoms. The Labute approximate surface area is 149 Å². The predicted octanol–water partition coefficient (Wildman–Crippen LogP) is 2.62. The van der Waals surface area contributed by atoms with Gasteiger partial charge in [0.25, 0.3) is 5.91 Å². The molecule has 24 heavy (non-hydrogen) atoms. The molecule has 0 saturated carbocycles. The summed E-state index contributed by atoms with van der Waals surface area (Å²) in [5.41, 5.74) is 3.18. The fourth-order valence-corrected chi connectivity index (χ4v) is 3.34. The Bertz CT molecular complexity index is 744. The van der Waals surface area contributed by atoms with Crippen molar-refractivity contribution in [3.05, 3.63) is 45.7 Å². The number of aromatic nitrogens is 2. The van der Waals surface area contributed by atoms with Gasteiger partial charge in [-0.25, -0.2) is 0 Å². The topological polar surface area (TPSA) is 79.2 Å². The van der Waals surface area contributed by atoms with Crippen LogP contribution in [-0.2, 0) is 6.54 Å². The zero-order valence-electron chi connectivity index (χ0n) is 13.6. The van der Waals surface area contributed by atoms with Crippen LogP contribution in [-0.4, -0.2) is 33.9 Å². The number of rotatable bonds is 5. The molecule has 2 heterocycles. The SMILES string of the molecule is Cc1c(Br)cccc1NC(=O)c1cc2n(n1)CCC[C@H]2NCCO. The molecule has 0 aliphatic carbocycles. The summed E-state index contributed by atoms with van der Waals surface area (Å²) in [6.45, 7) is 3.40. The van der Waals surface area contributed by atoms with Gasteiger partial charge in [0.05, 0.1) is 12.3 Å². The highest BCUT2D eigenvalue weighted by Gasteiger charge is 2.24. The van der Waals surface area contributed by atoms with Crippen LogP contribution in [0.5, 0.6) is 0 Å². The number of halogens is 1. The fourth-order valence-electron chi connectivity index (χ4n) is 2.97. The van der Waals surface area contributed by atoms with E-state index in [0.29, 0.717) is 12.2 Å². The van der Waals surface area contributed by atoms with Crippen molar-refractivity contribution in [3.63, 3.8) is 0 Å². The van der Waals surface area contributed by atoms with E-state index in [1.807, 2.05) is 35.9 Å². The van der Waals surface area contributed by atoms with Crippen molar-refractivity contribution in [2.24, 2.45) is 0 Å².